The standard InChI is InChI=1S/C22H20N8O/c1-13-8-9-29-18(13)21(31)30(16-6-4-3-5-7-16)20(27-29)17-14(2)12-28(17)19-15(10-23)11-25-22(24)26-19/h3-9,11,14,17H,12H2,1-2H3,(H2,24,25,26)/t14-,17-/m0/s1. The summed E-state index contributed by atoms with van der Waals surface area (Å²) in [6, 6.07) is 13.2. The lowest BCUT2D eigenvalue weighted by Gasteiger charge is -2.47. The fraction of sp³-hybridized carbons (Fsp3) is 0.227. The van der Waals surface area contributed by atoms with Crippen LogP contribution in [0.15, 0.2) is 53.6 Å². The van der Waals surface area contributed by atoms with Gasteiger partial charge in [0.25, 0.3) is 5.56 Å². The lowest BCUT2D eigenvalue weighted by atomic mass is 9.89. The van der Waals surface area contributed by atoms with Crippen LogP contribution < -0.4 is 16.2 Å². The number of aromatic nitrogens is 5. The molecule has 0 amide bonds. The summed E-state index contributed by atoms with van der Waals surface area (Å²) in [5.41, 5.74) is 8.14. The molecule has 0 aliphatic carbocycles. The lowest BCUT2D eigenvalue weighted by Crippen LogP contribution is -2.51. The number of nitrogens with zero attached hydrogens (tertiary/aromatic N) is 7. The van der Waals surface area contributed by atoms with E-state index in [9.17, 15) is 10.1 Å². The molecule has 4 heterocycles. The van der Waals surface area contributed by atoms with Crippen LogP contribution in [0.25, 0.3) is 11.2 Å². The number of rotatable bonds is 3. The van der Waals surface area contributed by atoms with E-state index in [1.54, 1.807) is 15.3 Å². The number of aryl methyl sites for hydroxylation is 1. The SMILES string of the molecule is Cc1ccn2nc([C@@H]3[C@@H](C)CN3c3nc(N)ncc3C#N)n(-c3ccccc3)c(=O)c12. The molecule has 1 aliphatic heterocycles. The van der Waals surface area contributed by atoms with Crippen molar-refractivity contribution in [1.29, 1.82) is 5.26 Å². The highest BCUT2D eigenvalue weighted by Crippen LogP contribution is 2.42. The summed E-state index contributed by atoms with van der Waals surface area (Å²) in [6.45, 7) is 4.64. The molecule has 0 saturated carbocycles. The molecule has 1 saturated heterocycles. The van der Waals surface area contributed by atoms with Crippen LogP contribution in [0.2, 0.25) is 0 Å². The molecule has 0 radical (unpaired) electrons. The van der Waals surface area contributed by atoms with Gasteiger partial charge in [-0.1, -0.05) is 25.1 Å². The van der Waals surface area contributed by atoms with E-state index in [4.69, 9.17) is 10.8 Å². The minimum atomic E-state index is -0.263. The van der Waals surface area contributed by atoms with Gasteiger partial charge in [0, 0.05) is 18.7 Å². The zero-order chi connectivity index (χ0) is 21.7. The van der Waals surface area contributed by atoms with Gasteiger partial charge in [-0.25, -0.2) is 9.50 Å². The number of nitriles is 1. The van der Waals surface area contributed by atoms with Gasteiger partial charge in [0.2, 0.25) is 5.95 Å². The molecule has 4 aromatic rings. The Morgan fingerprint density at radius 3 is 2.71 bits per heavy atom. The average molecular weight is 412 g/mol. The van der Waals surface area contributed by atoms with E-state index in [0.717, 1.165) is 11.3 Å². The summed E-state index contributed by atoms with van der Waals surface area (Å²) in [7, 11) is 0. The molecule has 0 bridgehead atoms. The Balaban J connectivity index is 1.76. The molecule has 3 aromatic heterocycles. The molecule has 2 atom stereocenters. The van der Waals surface area contributed by atoms with Crippen LogP contribution in [0, 0.1) is 24.2 Å². The molecular weight excluding hydrogens is 392 g/mol. The maximum atomic E-state index is 13.6. The van der Waals surface area contributed by atoms with Gasteiger partial charge in [-0.3, -0.25) is 9.36 Å². The Morgan fingerprint density at radius 2 is 2.00 bits per heavy atom. The van der Waals surface area contributed by atoms with Crippen molar-refractivity contribution >= 4 is 17.3 Å². The van der Waals surface area contributed by atoms with Crippen molar-refractivity contribution in [2.45, 2.75) is 19.9 Å². The number of nitrogens with two attached hydrogens (primary N) is 1. The summed E-state index contributed by atoms with van der Waals surface area (Å²) in [5.74, 6) is 1.31. The van der Waals surface area contributed by atoms with Crippen molar-refractivity contribution in [2.24, 2.45) is 5.92 Å². The van der Waals surface area contributed by atoms with Crippen LogP contribution in [-0.4, -0.2) is 30.7 Å². The predicted octanol–water partition coefficient (Wildman–Crippen LogP) is 2.23. The maximum absolute atomic E-state index is 13.6. The molecule has 0 spiro atoms. The van der Waals surface area contributed by atoms with Gasteiger partial charge in [-0.15, -0.1) is 0 Å². The monoisotopic (exact) mass is 412 g/mol. The Bertz CT molecular complexity index is 1400. The molecule has 9 nitrogen and oxygen atoms in total. The first-order valence-corrected chi connectivity index (χ1v) is 9.95. The van der Waals surface area contributed by atoms with Crippen molar-refractivity contribution in [3.05, 3.63) is 76.1 Å². The zero-order valence-corrected chi connectivity index (χ0v) is 17.1. The van der Waals surface area contributed by atoms with Gasteiger partial charge >= 0.3 is 0 Å². The minimum Gasteiger partial charge on any atom is -0.368 e. The highest BCUT2D eigenvalue weighted by molar-refractivity contribution is 5.59. The first-order valence-electron chi connectivity index (χ1n) is 9.95. The second-order valence-corrected chi connectivity index (χ2v) is 7.78. The Hall–Kier alpha value is -4.19. The quantitative estimate of drug-likeness (QED) is 0.548. The molecule has 5 rings (SSSR count). The Labute approximate surface area is 178 Å². The van der Waals surface area contributed by atoms with Gasteiger partial charge in [0.15, 0.2) is 11.6 Å². The minimum absolute atomic E-state index is 0.0946. The number of hydrogen-bond donors (Lipinski definition) is 1. The van der Waals surface area contributed by atoms with Gasteiger partial charge < -0.3 is 10.6 Å². The van der Waals surface area contributed by atoms with E-state index in [1.165, 1.54) is 6.20 Å². The molecule has 9 heteroatoms. The predicted molar refractivity (Wildman–Crippen MR) is 116 cm³/mol. The number of fused-ring (bicyclic) bond motifs is 1. The molecule has 1 fully saturated rings. The number of para-hydroxylation sites is 1. The molecule has 1 aromatic carbocycles. The van der Waals surface area contributed by atoms with Gasteiger partial charge in [-0.2, -0.15) is 15.3 Å². The van der Waals surface area contributed by atoms with E-state index in [0.29, 0.717) is 29.3 Å². The summed E-state index contributed by atoms with van der Waals surface area (Å²) in [5, 5.41) is 14.4. The molecule has 154 valence electrons. The van der Waals surface area contributed by atoms with Crippen molar-refractivity contribution in [3.8, 4) is 11.8 Å². The fourth-order valence-electron chi connectivity index (χ4n) is 4.24. The van der Waals surface area contributed by atoms with Crippen LogP contribution >= 0.6 is 0 Å². The maximum Gasteiger partial charge on any atom is 0.282 e. The molecule has 31 heavy (non-hydrogen) atoms. The molecule has 1 aliphatic rings. The zero-order valence-electron chi connectivity index (χ0n) is 17.1. The molecule has 0 unspecified atom stereocenters. The Morgan fingerprint density at radius 1 is 1.23 bits per heavy atom. The normalized spacial score (nSPS) is 18.0. The summed E-state index contributed by atoms with van der Waals surface area (Å²) in [6.07, 6.45) is 3.22. The van der Waals surface area contributed by atoms with Crippen LogP contribution in [0.3, 0.4) is 0 Å². The summed E-state index contributed by atoms with van der Waals surface area (Å²) >= 11 is 0. The number of nitrogen functional groups attached to an aromatic ring is 1. The second-order valence-electron chi connectivity index (χ2n) is 7.78. The third kappa shape index (κ3) is 2.84. The topological polar surface area (TPSA) is 118 Å². The van der Waals surface area contributed by atoms with Crippen molar-refractivity contribution in [1.82, 2.24) is 24.1 Å². The van der Waals surface area contributed by atoms with Crippen LogP contribution in [0.4, 0.5) is 11.8 Å². The van der Waals surface area contributed by atoms with E-state index in [1.807, 2.05) is 48.2 Å². The van der Waals surface area contributed by atoms with Crippen LogP contribution in [0.5, 0.6) is 0 Å². The third-order valence-electron chi connectivity index (χ3n) is 5.73. The fourth-order valence-corrected chi connectivity index (χ4v) is 4.24. The van der Waals surface area contributed by atoms with E-state index < -0.39 is 0 Å². The summed E-state index contributed by atoms with van der Waals surface area (Å²) < 4.78 is 3.29. The highest BCUT2D eigenvalue weighted by Gasteiger charge is 2.42. The number of hydrogen-bond acceptors (Lipinski definition) is 7. The first kappa shape index (κ1) is 18.8. The van der Waals surface area contributed by atoms with E-state index >= 15 is 0 Å². The first-order chi connectivity index (χ1) is 15.0. The van der Waals surface area contributed by atoms with E-state index in [2.05, 4.69) is 23.0 Å². The smallest absolute Gasteiger partial charge is 0.282 e. The van der Waals surface area contributed by atoms with Crippen LogP contribution in [-0.2, 0) is 0 Å². The largest absolute Gasteiger partial charge is 0.368 e. The van der Waals surface area contributed by atoms with E-state index in [-0.39, 0.29) is 23.5 Å². The second kappa shape index (κ2) is 6.95. The summed E-state index contributed by atoms with van der Waals surface area (Å²) in [4.78, 5) is 23.8. The molecular formula is C22H20N8O. The van der Waals surface area contributed by atoms with Gasteiger partial charge in [0.1, 0.15) is 17.1 Å². The van der Waals surface area contributed by atoms with Crippen molar-refractivity contribution in [3.63, 3.8) is 0 Å². The van der Waals surface area contributed by atoms with Crippen LogP contribution in [0.1, 0.15) is 29.9 Å². The molecule has 2 N–H and O–H groups in total. The number of anilines is 2. The third-order valence-corrected chi connectivity index (χ3v) is 5.73. The van der Waals surface area contributed by atoms with Gasteiger partial charge in [0.05, 0.1) is 17.9 Å². The van der Waals surface area contributed by atoms with Crippen molar-refractivity contribution < 1.29 is 0 Å². The Kier molecular flexibility index (Phi) is 4.22. The average Bonchev–Trinajstić information content (AvgIpc) is 3.13. The van der Waals surface area contributed by atoms with Crippen molar-refractivity contribution in [2.75, 3.05) is 17.2 Å². The van der Waals surface area contributed by atoms with Gasteiger partial charge in [-0.05, 0) is 30.7 Å². The highest BCUT2D eigenvalue weighted by atomic mass is 16.1. The lowest BCUT2D eigenvalue weighted by molar-refractivity contribution is 0.300. The number of benzene rings is 1.